The molecule has 0 aliphatic carbocycles. The molecule has 0 spiro atoms. The Bertz CT molecular complexity index is 539. The zero-order valence-electron chi connectivity index (χ0n) is 12.1. The molecule has 20 heavy (non-hydrogen) atoms. The molecule has 1 heterocycles. The summed E-state index contributed by atoms with van der Waals surface area (Å²) in [7, 11) is 0. The van der Waals surface area contributed by atoms with E-state index in [2.05, 4.69) is 15.9 Å². The average molecular weight is 338 g/mol. The largest absolute Gasteiger partial charge is 0.311 e. The van der Waals surface area contributed by atoms with Crippen molar-refractivity contribution in [3.63, 3.8) is 0 Å². The highest BCUT2D eigenvalue weighted by Gasteiger charge is 2.36. The van der Waals surface area contributed by atoms with E-state index in [0.717, 1.165) is 22.1 Å². The second kappa shape index (κ2) is 6.08. The molecule has 1 atom stereocenters. The minimum Gasteiger partial charge on any atom is -0.311 e. The SMILES string of the molecule is Cc1cccc(N2CCC[C@H](C(=O)C(C)C)C2=O)c1Br. The van der Waals surface area contributed by atoms with E-state index in [4.69, 9.17) is 0 Å². The van der Waals surface area contributed by atoms with Gasteiger partial charge in [0.25, 0.3) is 0 Å². The van der Waals surface area contributed by atoms with Crippen LogP contribution in [0.15, 0.2) is 22.7 Å². The number of aryl methyl sites for hydroxylation is 1. The third-order valence-corrected chi connectivity index (χ3v) is 4.84. The van der Waals surface area contributed by atoms with Gasteiger partial charge in [-0.2, -0.15) is 0 Å². The third-order valence-electron chi connectivity index (χ3n) is 3.81. The molecule has 0 saturated carbocycles. The first-order valence-electron chi connectivity index (χ1n) is 7.03. The highest BCUT2D eigenvalue weighted by atomic mass is 79.9. The number of Topliss-reactive ketones (excluding diaryl/α,β-unsaturated/α-hetero) is 1. The lowest BCUT2D eigenvalue weighted by Crippen LogP contribution is -2.45. The lowest BCUT2D eigenvalue weighted by atomic mass is 9.87. The van der Waals surface area contributed by atoms with Crippen molar-refractivity contribution in [3.05, 3.63) is 28.2 Å². The van der Waals surface area contributed by atoms with Crippen molar-refractivity contribution >= 4 is 33.3 Å². The van der Waals surface area contributed by atoms with Crippen LogP contribution in [0.5, 0.6) is 0 Å². The van der Waals surface area contributed by atoms with Crippen LogP contribution in [-0.2, 0) is 9.59 Å². The van der Waals surface area contributed by atoms with Crippen LogP contribution in [0.1, 0.15) is 32.3 Å². The number of rotatable bonds is 3. The van der Waals surface area contributed by atoms with Gasteiger partial charge in [0.1, 0.15) is 5.78 Å². The normalized spacial score (nSPS) is 19.6. The van der Waals surface area contributed by atoms with Crippen LogP contribution in [0.25, 0.3) is 0 Å². The molecule has 1 saturated heterocycles. The fourth-order valence-electron chi connectivity index (χ4n) is 2.62. The summed E-state index contributed by atoms with van der Waals surface area (Å²) in [5.41, 5.74) is 1.96. The van der Waals surface area contributed by atoms with E-state index in [1.54, 1.807) is 4.90 Å². The smallest absolute Gasteiger partial charge is 0.237 e. The zero-order valence-corrected chi connectivity index (χ0v) is 13.7. The second-order valence-electron chi connectivity index (χ2n) is 5.65. The molecule has 1 amide bonds. The molecule has 0 unspecified atom stereocenters. The van der Waals surface area contributed by atoms with E-state index >= 15 is 0 Å². The summed E-state index contributed by atoms with van der Waals surface area (Å²) in [4.78, 5) is 26.6. The summed E-state index contributed by atoms with van der Waals surface area (Å²) in [5.74, 6) is -0.564. The summed E-state index contributed by atoms with van der Waals surface area (Å²) in [6, 6.07) is 5.87. The van der Waals surface area contributed by atoms with E-state index in [-0.39, 0.29) is 17.6 Å². The molecule has 0 radical (unpaired) electrons. The Morgan fingerprint density at radius 1 is 1.40 bits per heavy atom. The topological polar surface area (TPSA) is 37.4 Å². The van der Waals surface area contributed by atoms with Gasteiger partial charge in [-0.3, -0.25) is 9.59 Å². The monoisotopic (exact) mass is 337 g/mol. The fourth-order valence-corrected chi connectivity index (χ4v) is 3.10. The van der Waals surface area contributed by atoms with Gasteiger partial charge >= 0.3 is 0 Å². The van der Waals surface area contributed by atoms with E-state index in [1.807, 2.05) is 39.0 Å². The van der Waals surface area contributed by atoms with E-state index in [1.165, 1.54) is 0 Å². The molecule has 0 bridgehead atoms. The summed E-state index contributed by atoms with van der Waals surface area (Å²) < 4.78 is 0.936. The standard InChI is InChI=1S/C16H20BrNO2/c1-10(2)15(19)12-7-5-9-18(16(12)20)13-8-4-6-11(3)14(13)17/h4,6,8,10,12H,5,7,9H2,1-3H3/t12-/m1/s1. The Labute approximate surface area is 128 Å². The van der Waals surface area contributed by atoms with Gasteiger partial charge in [-0.1, -0.05) is 26.0 Å². The molecule has 0 N–H and O–H groups in total. The Hall–Kier alpha value is -1.16. The third kappa shape index (κ3) is 2.80. The lowest BCUT2D eigenvalue weighted by Gasteiger charge is -2.33. The number of anilines is 1. The molecule has 0 aromatic heterocycles. The van der Waals surface area contributed by atoms with Crippen molar-refractivity contribution in [1.82, 2.24) is 0 Å². The molecule has 4 heteroatoms. The number of benzene rings is 1. The summed E-state index contributed by atoms with van der Waals surface area (Å²) >= 11 is 3.55. The van der Waals surface area contributed by atoms with Crippen LogP contribution in [0, 0.1) is 18.8 Å². The Morgan fingerprint density at radius 2 is 2.10 bits per heavy atom. The number of amides is 1. The molecule has 1 fully saturated rings. The number of hydrogen-bond donors (Lipinski definition) is 0. The van der Waals surface area contributed by atoms with Gasteiger partial charge in [0.15, 0.2) is 0 Å². The number of piperidine rings is 1. The first kappa shape index (κ1) is 15.2. The Morgan fingerprint density at radius 3 is 2.75 bits per heavy atom. The van der Waals surface area contributed by atoms with Gasteiger partial charge in [-0.15, -0.1) is 0 Å². The number of ketones is 1. The van der Waals surface area contributed by atoms with Gasteiger partial charge in [-0.05, 0) is 47.3 Å². The van der Waals surface area contributed by atoms with Crippen LogP contribution < -0.4 is 4.90 Å². The van der Waals surface area contributed by atoms with Gasteiger partial charge < -0.3 is 4.90 Å². The molecule has 1 aromatic carbocycles. The Kier molecular flexibility index (Phi) is 4.63. The van der Waals surface area contributed by atoms with E-state index < -0.39 is 5.92 Å². The van der Waals surface area contributed by atoms with Crippen LogP contribution in [0.4, 0.5) is 5.69 Å². The van der Waals surface area contributed by atoms with Crippen LogP contribution in [0.3, 0.4) is 0 Å². The quantitative estimate of drug-likeness (QED) is 0.788. The highest BCUT2D eigenvalue weighted by Crippen LogP contribution is 2.33. The van der Waals surface area contributed by atoms with Gasteiger partial charge in [0.2, 0.25) is 5.91 Å². The maximum absolute atomic E-state index is 12.6. The van der Waals surface area contributed by atoms with Crippen molar-refractivity contribution in [2.24, 2.45) is 11.8 Å². The second-order valence-corrected chi connectivity index (χ2v) is 6.44. The molecule has 1 aliphatic rings. The van der Waals surface area contributed by atoms with Crippen molar-refractivity contribution in [2.45, 2.75) is 33.6 Å². The molecule has 1 aliphatic heterocycles. The van der Waals surface area contributed by atoms with Crippen molar-refractivity contribution in [3.8, 4) is 0 Å². The predicted molar refractivity (Wildman–Crippen MR) is 83.8 cm³/mol. The number of carbonyl (C=O) groups is 2. The molecule has 1 aromatic rings. The maximum Gasteiger partial charge on any atom is 0.237 e. The van der Waals surface area contributed by atoms with Crippen molar-refractivity contribution in [2.75, 3.05) is 11.4 Å². The Balaban J connectivity index is 2.31. The first-order chi connectivity index (χ1) is 9.43. The lowest BCUT2D eigenvalue weighted by molar-refractivity contribution is -0.135. The number of nitrogens with zero attached hydrogens (tertiary/aromatic N) is 1. The predicted octanol–water partition coefficient (Wildman–Crippen LogP) is 3.73. The van der Waals surface area contributed by atoms with E-state index in [0.29, 0.717) is 13.0 Å². The van der Waals surface area contributed by atoms with Crippen molar-refractivity contribution < 1.29 is 9.59 Å². The summed E-state index contributed by atoms with van der Waals surface area (Å²) in [6.07, 6.45) is 1.55. The van der Waals surface area contributed by atoms with Crippen LogP contribution >= 0.6 is 15.9 Å². The molecular weight excluding hydrogens is 318 g/mol. The fraction of sp³-hybridized carbons (Fsp3) is 0.500. The number of carbonyl (C=O) groups excluding carboxylic acids is 2. The molecule has 3 nitrogen and oxygen atoms in total. The maximum atomic E-state index is 12.6. The summed E-state index contributed by atoms with van der Waals surface area (Å²) in [5, 5.41) is 0. The minimum absolute atomic E-state index is 0.0544. The minimum atomic E-state index is -0.476. The molecule has 2 rings (SSSR count). The van der Waals surface area contributed by atoms with E-state index in [9.17, 15) is 9.59 Å². The molecule has 108 valence electrons. The zero-order chi connectivity index (χ0) is 14.9. The number of hydrogen-bond acceptors (Lipinski definition) is 2. The van der Waals surface area contributed by atoms with Crippen LogP contribution in [0.2, 0.25) is 0 Å². The van der Waals surface area contributed by atoms with Gasteiger partial charge in [0.05, 0.1) is 11.6 Å². The van der Waals surface area contributed by atoms with Crippen LogP contribution in [-0.4, -0.2) is 18.2 Å². The van der Waals surface area contributed by atoms with Gasteiger partial charge in [0, 0.05) is 16.9 Å². The average Bonchev–Trinajstić information content (AvgIpc) is 2.42. The highest BCUT2D eigenvalue weighted by molar-refractivity contribution is 9.10. The van der Waals surface area contributed by atoms with Gasteiger partial charge in [-0.25, -0.2) is 0 Å². The molecular formula is C16H20BrNO2. The van der Waals surface area contributed by atoms with Crippen molar-refractivity contribution in [1.29, 1.82) is 0 Å². The summed E-state index contributed by atoms with van der Waals surface area (Å²) in [6.45, 7) is 6.40. The first-order valence-corrected chi connectivity index (χ1v) is 7.83. The number of halogens is 1.